The van der Waals surface area contributed by atoms with E-state index in [0.29, 0.717) is 12.4 Å². The number of hydrogen-bond acceptors (Lipinski definition) is 3. The SMILES string of the molecule is CCO[P@](=O)(SCc1ccccc1)c1ccccc1. The molecule has 2 nitrogen and oxygen atoms in total. The number of hydrogen-bond donors (Lipinski definition) is 0. The predicted octanol–water partition coefficient (Wildman–Crippen LogP) is 4.47. The van der Waals surface area contributed by atoms with Crippen molar-refractivity contribution in [3.8, 4) is 0 Å². The second kappa shape index (κ2) is 6.95. The molecule has 4 heteroatoms. The summed E-state index contributed by atoms with van der Waals surface area (Å²) in [4.78, 5) is 0. The Kier molecular flexibility index (Phi) is 5.26. The van der Waals surface area contributed by atoms with Gasteiger partial charge >= 0.3 is 0 Å². The molecule has 0 spiro atoms. The summed E-state index contributed by atoms with van der Waals surface area (Å²) in [5.74, 6) is 0.688. The minimum atomic E-state index is -2.82. The van der Waals surface area contributed by atoms with E-state index in [2.05, 4.69) is 0 Å². The Morgan fingerprint density at radius 3 is 2.16 bits per heavy atom. The molecule has 0 aromatic heterocycles. The molecule has 0 saturated heterocycles. The lowest BCUT2D eigenvalue weighted by molar-refractivity contribution is 0.353. The van der Waals surface area contributed by atoms with E-state index in [1.807, 2.05) is 67.6 Å². The van der Waals surface area contributed by atoms with Crippen molar-refractivity contribution >= 4 is 23.3 Å². The zero-order valence-electron chi connectivity index (χ0n) is 10.9. The third-order valence-electron chi connectivity index (χ3n) is 2.62. The maximum Gasteiger partial charge on any atom is 0.287 e. The van der Waals surface area contributed by atoms with E-state index in [1.165, 1.54) is 11.4 Å². The van der Waals surface area contributed by atoms with E-state index in [-0.39, 0.29) is 0 Å². The first-order chi connectivity index (χ1) is 9.24. The Morgan fingerprint density at radius 1 is 1.00 bits per heavy atom. The van der Waals surface area contributed by atoms with Crippen LogP contribution in [0.4, 0.5) is 0 Å². The van der Waals surface area contributed by atoms with Crippen LogP contribution in [0.5, 0.6) is 0 Å². The summed E-state index contributed by atoms with van der Waals surface area (Å²) >= 11 is 1.39. The fourth-order valence-corrected chi connectivity index (χ4v) is 5.77. The fourth-order valence-electron chi connectivity index (χ4n) is 1.70. The third-order valence-corrected chi connectivity index (χ3v) is 7.30. The van der Waals surface area contributed by atoms with Crippen LogP contribution in [0.3, 0.4) is 0 Å². The third kappa shape index (κ3) is 3.97. The smallest absolute Gasteiger partial charge is 0.287 e. The summed E-state index contributed by atoms with van der Waals surface area (Å²) in [6.07, 6.45) is 0. The van der Waals surface area contributed by atoms with Crippen molar-refractivity contribution in [2.45, 2.75) is 12.7 Å². The molecule has 19 heavy (non-hydrogen) atoms. The average Bonchev–Trinajstić information content (AvgIpc) is 2.48. The van der Waals surface area contributed by atoms with Crippen LogP contribution in [0, 0.1) is 0 Å². The highest BCUT2D eigenvalue weighted by atomic mass is 32.7. The van der Waals surface area contributed by atoms with Crippen LogP contribution < -0.4 is 5.30 Å². The van der Waals surface area contributed by atoms with Crippen molar-refractivity contribution in [1.29, 1.82) is 0 Å². The first-order valence-corrected chi connectivity index (χ1v) is 9.45. The van der Waals surface area contributed by atoms with Gasteiger partial charge < -0.3 is 4.52 Å². The van der Waals surface area contributed by atoms with Crippen molar-refractivity contribution in [3.63, 3.8) is 0 Å². The highest BCUT2D eigenvalue weighted by Crippen LogP contribution is 2.59. The average molecular weight is 292 g/mol. The quantitative estimate of drug-likeness (QED) is 0.735. The molecular formula is C15H17O2PS. The molecule has 0 N–H and O–H groups in total. The second-order valence-electron chi connectivity index (χ2n) is 4.01. The lowest BCUT2D eigenvalue weighted by atomic mass is 10.2. The lowest BCUT2D eigenvalue weighted by Crippen LogP contribution is -2.04. The van der Waals surface area contributed by atoms with Crippen molar-refractivity contribution < 1.29 is 9.09 Å². The van der Waals surface area contributed by atoms with Crippen LogP contribution in [0.2, 0.25) is 0 Å². The molecule has 0 aliphatic rings. The summed E-state index contributed by atoms with van der Waals surface area (Å²) in [5, 5.41) is 0.776. The van der Waals surface area contributed by atoms with Gasteiger partial charge in [0.05, 0.1) is 6.61 Å². The van der Waals surface area contributed by atoms with E-state index >= 15 is 0 Å². The molecule has 1 atom stereocenters. The van der Waals surface area contributed by atoms with E-state index < -0.39 is 6.57 Å². The molecule has 100 valence electrons. The monoisotopic (exact) mass is 292 g/mol. The summed E-state index contributed by atoms with van der Waals surface area (Å²) < 4.78 is 18.5. The maximum absolute atomic E-state index is 12.9. The summed E-state index contributed by atoms with van der Waals surface area (Å²) in [5.41, 5.74) is 1.16. The zero-order valence-corrected chi connectivity index (χ0v) is 12.6. The zero-order chi connectivity index (χ0) is 13.6. The van der Waals surface area contributed by atoms with Crippen LogP contribution in [-0.4, -0.2) is 6.61 Å². The molecule has 0 saturated carbocycles. The van der Waals surface area contributed by atoms with Crippen LogP contribution in [0.15, 0.2) is 60.7 Å². The van der Waals surface area contributed by atoms with E-state index in [0.717, 1.165) is 10.9 Å². The lowest BCUT2D eigenvalue weighted by Gasteiger charge is -2.17. The minimum Gasteiger partial charge on any atom is -0.318 e. The Hall–Kier alpha value is -1.02. The molecule has 2 rings (SSSR count). The Labute approximate surface area is 118 Å². The molecule has 2 aromatic carbocycles. The van der Waals surface area contributed by atoms with Gasteiger partial charge in [0, 0.05) is 11.1 Å². The molecule has 2 aromatic rings. The first kappa shape index (κ1) is 14.4. The summed E-state index contributed by atoms with van der Waals surface area (Å²) in [7, 11) is 0. The largest absolute Gasteiger partial charge is 0.318 e. The van der Waals surface area contributed by atoms with Crippen LogP contribution in [0.25, 0.3) is 0 Å². The molecule has 0 fully saturated rings. The topological polar surface area (TPSA) is 26.3 Å². The molecule has 0 heterocycles. The van der Waals surface area contributed by atoms with Gasteiger partial charge in [0.1, 0.15) is 0 Å². The second-order valence-corrected chi connectivity index (χ2v) is 8.54. The van der Waals surface area contributed by atoms with Crippen LogP contribution >= 0.6 is 18.0 Å². The highest BCUT2D eigenvalue weighted by molar-refractivity contribution is 8.58. The van der Waals surface area contributed by atoms with Gasteiger partial charge in [-0.3, -0.25) is 4.57 Å². The number of benzene rings is 2. The first-order valence-electron chi connectivity index (χ1n) is 6.23. The van der Waals surface area contributed by atoms with Gasteiger partial charge in [-0.15, -0.1) is 0 Å². The molecule has 0 radical (unpaired) electrons. The standard InChI is InChI=1S/C15H17O2PS/c1-2-17-18(16,15-11-7-4-8-12-15)19-13-14-9-5-3-6-10-14/h3-12H,2,13H2,1H3/t18-/m0/s1. The van der Waals surface area contributed by atoms with Gasteiger partial charge in [-0.2, -0.15) is 0 Å². The van der Waals surface area contributed by atoms with E-state index in [9.17, 15) is 4.57 Å². The van der Waals surface area contributed by atoms with Crippen molar-refractivity contribution in [2.75, 3.05) is 6.61 Å². The molecular weight excluding hydrogens is 275 g/mol. The van der Waals surface area contributed by atoms with Gasteiger partial charge in [-0.1, -0.05) is 59.9 Å². The summed E-state index contributed by atoms with van der Waals surface area (Å²) in [6.45, 7) is -0.494. The molecule has 0 aliphatic heterocycles. The van der Waals surface area contributed by atoms with E-state index in [1.54, 1.807) is 0 Å². The van der Waals surface area contributed by atoms with Crippen molar-refractivity contribution in [1.82, 2.24) is 0 Å². The van der Waals surface area contributed by atoms with Crippen LogP contribution in [0.1, 0.15) is 12.5 Å². The highest BCUT2D eigenvalue weighted by Gasteiger charge is 2.25. The van der Waals surface area contributed by atoms with Gasteiger partial charge in [0.25, 0.3) is 6.57 Å². The predicted molar refractivity (Wildman–Crippen MR) is 83.0 cm³/mol. The Bertz CT molecular complexity index is 543. The fraction of sp³-hybridized carbons (Fsp3) is 0.200. The van der Waals surface area contributed by atoms with Crippen LogP contribution in [-0.2, 0) is 14.8 Å². The molecule has 0 aliphatic carbocycles. The summed E-state index contributed by atoms with van der Waals surface area (Å²) in [6, 6.07) is 19.5. The van der Waals surface area contributed by atoms with Gasteiger partial charge in [0.2, 0.25) is 0 Å². The van der Waals surface area contributed by atoms with E-state index in [4.69, 9.17) is 4.52 Å². The minimum absolute atomic E-state index is 0.452. The molecule has 0 bridgehead atoms. The van der Waals surface area contributed by atoms with Gasteiger partial charge in [0.15, 0.2) is 0 Å². The molecule has 0 amide bonds. The Morgan fingerprint density at radius 2 is 1.58 bits per heavy atom. The Balaban J connectivity index is 2.14. The van der Waals surface area contributed by atoms with Gasteiger partial charge in [-0.25, -0.2) is 0 Å². The normalized spacial score (nSPS) is 13.9. The molecule has 0 unspecified atom stereocenters. The van der Waals surface area contributed by atoms with Gasteiger partial charge in [-0.05, 0) is 24.6 Å². The maximum atomic E-state index is 12.9. The van der Waals surface area contributed by atoms with Crippen molar-refractivity contribution in [2.24, 2.45) is 0 Å². The number of rotatable bonds is 6. The van der Waals surface area contributed by atoms with Crippen molar-refractivity contribution in [3.05, 3.63) is 66.2 Å².